The van der Waals surface area contributed by atoms with Crippen molar-refractivity contribution in [1.29, 1.82) is 0 Å². The van der Waals surface area contributed by atoms with Gasteiger partial charge in [0, 0.05) is 13.1 Å². The Hall–Kier alpha value is -1.35. The van der Waals surface area contributed by atoms with Crippen LogP contribution in [0.5, 0.6) is 0 Å². The van der Waals surface area contributed by atoms with Crippen molar-refractivity contribution in [2.75, 3.05) is 13.1 Å². The van der Waals surface area contributed by atoms with E-state index in [0.717, 1.165) is 31.5 Å². The molecule has 1 aromatic carbocycles. The molecule has 2 atom stereocenters. The minimum atomic E-state index is -0.260. The highest BCUT2D eigenvalue weighted by Gasteiger charge is 2.28. The molecule has 0 radical (unpaired) electrons. The van der Waals surface area contributed by atoms with Gasteiger partial charge >= 0.3 is 0 Å². The Morgan fingerprint density at radius 3 is 2.32 bits per heavy atom. The average Bonchev–Trinajstić information content (AvgIpc) is 2.46. The summed E-state index contributed by atoms with van der Waals surface area (Å²) in [4.78, 5) is 14.4. The van der Waals surface area contributed by atoms with E-state index in [2.05, 4.69) is 0 Å². The van der Waals surface area contributed by atoms with Crippen molar-refractivity contribution in [3.05, 3.63) is 35.9 Å². The summed E-state index contributed by atoms with van der Waals surface area (Å²) in [5.74, 6) is 0.468. The molecule has 1 heterocycles. The zero-order valence-electron chi connectivity index (χ0n) is 11.7. The summed E-state index contributed by atoms with van der Waals surface area (Å²) in [5.41, 5.74) is 1.07. The number of aliphatic hydroxyl groups is 1. The smallest absolute Gasteiger partial charge is 0.229 e. The number of hydrogen-bond acceptors (Lipinski definition) is 2. The van der Waals surface area contributed by atoms with Gasteiger partial charge < -0.3 is 10.0 Å². The maximum atomic E-state index is 12.4. The van der Waals surface area contributed by atoms with Gasteiger partial charge in [-0.05, 0) is 38.2 Å². The molecule has 0 aromatic heterocycles. The number of nitrogens with zero attached hydrogens (tertiary/aromatic N) is 1. The molecule has 0 spiro atoms. The monoisotopic (exact) mass is 261 g/mol. The summed E-state index contributed by atoms with van der Waals surface area (Å²) in [6.07, 6.45) is 1.55. The highest BCUT2D eigenvalue weighted by Crippen LogP contribution is 2.24. The van der Waals surface area contributed by atoms with Crippen molar-refractivity contribution in [3.8, 4) is 0 Å². The number of aliphatic hydroxyl groups excluding tert-OH is 1. The molecule has 2 rings (SSSR count). The standard InChI is InChI=1S/C16H23NO2/c1-12(14-6-4-3-5-7-14)16(19)17-10-8-15(9-11-17)13(2)18/h3-7,12-13,15,18H,8-11H2,1-2H3. The lowest BCUT2D eigenvalue weighted by atomic mass is 9.91. The second-order valence-electron chi connectivity index (χ2n) is 5.54. The van der Waals surface area contributed by atoms with Crippen LogP contribution in [-0.2, 0) is 4.79 Å². The zero-order valence-corrected chi connectivity index (χ0v) is 11.7. The van der Waals surface area contributed by atoms with Crippen LogP contribution in [0.4, 0.5) is 0 Å². The van der Waals surface area contributed by atoms with E-state index in [-0.39, 0.29) is 17.9 Å². The number of benzene rings is 1. The topological polar surface area (TPSA) is 40.5 Å². The van der Waals surface area contributed by atoms with Crippen LogP contribution in [0.15, 0.2) is 30.3 Å². The normalized spacial score (nSPS) is 20.1. The van der Waals surface area contributed by atoms with Gasteiger partial charge in [0.15, 0.2) is 0 Å². The second kappa shape index (κ2) is 6.20. The van der Waals surface area contributed by atoms with Crippen LogP contribution in [0, 0.1) is 5.92 Å². The second-order valence-corrected chi connectivity index (χ2v) is 5.54. The summed E-state index contributed by atoms with van der Waals surface area (Å²) in [5, 5.41) is 9.59. The fourth-order valence-electron chi connectivity index (χ4n) is 2.76. The largest absolute Gasteiger partial charge is 0.393 e. The molecule has 19 heavy (non-hydrogen) atoms. The van der Waals surface area contributed by atoms with Crippen LogP contribution in [-0.4, -0.2) is 35.1 Å². The quantitative estimate of drug-likeness (QED) is 0.907. The van der Waals surface area contributed by atoms with E-state index in [1.165, 1.54) is 0 Å². The van der Waals surface area contributed by atoms with Crippen molar-refractivity contribution in [1.82, 2.24) is 4.90 Å². The van der Waals surface area contributed by atoms with E-state index in [1.54, 1.807) is 0 Å². The van der Waals surface area contributed by atoms with Crippen LogP contribution in [0.1, 0.15) is 38.2 Å². The average molecular weight is 261 g/mol. The first-order valence-corrected chi connectivity index (χ1v) is 7.11. The number of carbonyl (C=O) groups excluding carboxylic acids is 1. The number of hydrogen-bond donors (Lipinski definition) is 1. The van der Waals surface area contributed by atoms with Crippen molar-refractivity contribution < 1.29 is 9.90 Å². The molecule has 1 saturated heterocycles. The fourth-order valence-corrected chi connectivity index (χ4v) is 2.76. The lowest BCUT2D eigenvalue weighted by Crippen LogP contribution is -2.42. The van der Waals surface area contributed by atoms with Crippen LogP contribution in [0.3, 0.4) is 0 Å². The van der Waals surface area contributed by atoms with Gasteiger partial charge in [-0.15, -0.1) is 0 Å². The van der Waals surface area contributed by atoms with Crippen LogP contribution < -0.4 is 0 Å². The lowest BCUT2D eigenvalue weighted by Gasteiger charge is -2.34. The van der Waals surface area contributed by atoms with Gasteiger partial charge in [-0.25, -0.2) is 0 Å². The molecule has 1 N–H and O–H groups in total. The summed E-state index contributed by atoms with van der Waals surface area (Å²) >= 11 is 0. The molecule has 2 unspecified atom stereocenters. The van der Waals surface area contributed by atoms with E-state index < -0.39 is 0 Å². The third-order valence-corrected chi connectivity index (χ3v) is 4.20. The minimum absolute atomic E-state index is 0.0794. The summed E-state index contributed by atoms with van der Waals surface area (Å²) in [6.45, 7) is 5.35. The Kier molecular flexibility index (Phi) is 4.59. The molecule has 1 aliphatic rings. The lowest BCUT2D eigenvalue weighted by molar-refractivity contribution is -0.134. The van der Waals surface area contributed by atoms with E-state index in [9.17, 15) is 9.90 Å². The first kappa shape index (κ1) is 14.1. The zero-order chi connectivity index (χ0) is 13.8. The van der Waals surface area contributed by atoms with E-state index in [1.807, 2.05) is 49.1 Å². The van der Waals surface area contributed by atoms with Gasteiger partial charge in [0.2, 0.25) is 5.91 Å². The molecule has 104 valence electrons. The van der Waals surface area contributed by atoms with Gasteiger partial charge in [-0.3, -0.25) is 4.79 Å². The highest BCUT2D eigenvalue weighted by atomic mass is 16.3. The van der Waals surface area contributed by atoms with E-state index in [4.69, 9.17) is 0 Å². The summed E-state index contributed by atoms with van der Waals surface area (Å²) in [6, 6.07) is 9.92. The third-order valence-electron chi connectivity index (χ3n) is 4.20. The molecule has 0 aliphatic carbocycles. The molecule has 3 nitrogen and oxygen atoms in total. The minimum Gasteiger partial charge on any atom is -0.393 e. The molecule has 1 fully saturated rings. The predicted molar refractivity (Wildman–Crippen MR) is 75.8 cm³/mol. The SMILES string of the molecule is CC(C(=O)N1CCC(C(C)O)CC1)c1ccccc1. The summed E-state index contributed by atoms with van der Waals surface area (Å²) in [7, 11) is 0. The fraction of sp³-hybridized carbons (Fsp3) is 0.562. The summed E-state index contributed by atoms with van der Waals surface area (Å²) < 4.78 is 0. The van der Waals surface area contributed by atoms with Crippen molar-refractivity contribution in [3.63, 3.8) is 0 Å². The van der Waals surface area contributed by atoms with Crippen molar-refractivity contribution in [2.45, 2.75) is 38.7 Å². The Bertz CT molecular complexity index is 408. The maximum absolute atomic E-state index is 12.4. The number of rotatable bonds is 3. The molecule has 3 heteroatoms. The Labute approximate surface area is 115 Å². The Morgan fingerprint density at radius 2 is 1.79 bits per heavy atom. The number of piperidine rings is 1. The number of carbonyl (C=O) groups is 1. The van der Waals surface area contributed by atoms with Crippen molar-refractivity contribution >= 4 is 5.91 Å². The Morgan fingerprint density at radius 1 is 1.21 bits per heavy atom. The molecule has 0 saturated carbocycles. The molecule has 1 aliphatic heterocycles. The van der Waals surface area contributed by atoms with E-state index >= 15 is 0 Å². The van der Waals surface area contributed by atoms with Gasteiger partial charge in [-0.2, -0.15) is 0 Å². The molecule has 1 amide bonds. The van der Waals surface area contributed by atoms with Crippen LogP contribution in [0.2, 0.25) is 0 Å². The molecule has 1 aromatic rings. The molecular weight excluding hydrogens is 238 g/mol. The number of amides is 1. The van der Waals surface area contributed by atoms with Gasteiger partial charge in [-0.1, -0.05) is 30.3 Å². The third kappa shape index (κ3) is 3.35. The molecule has 0 bridgehead atoms. The highest BCUT2D eigenvalue weighted by molar-refractivity contribution is 5.83. The van der Waals surface area contributed by atoms with Gasteiger partial charge in [0.05, 0.1) is 12.0 Å². The van der Waals surface area contributed by atoms with Crippen LogP contribution >= 0.6 is 0 Å². The Balaban J connectivity index is 1.94. The van der Waals surface area contributed by atoms with Gasteiger partial charge in [0.25, 0.3) is 0 Å². The first-order chi connectivity index (χ1) is 9.09. The number of likely N-dealkylation sites (tertiary alicyclic amines) is 1. The van der Waals surface area contributed by atoms with Crippen molar-refractivity contribution in [2.24, 2.45) is 5.92 Å². The first-order valence-electron chi connectivity index (χ1n) is 7.11. The molecular formula is C16H23NO2. The maximum Gasteiger partial charge on any atom is 0.229 e. The van der Waals surface area contributed by atoms with Crippen LogP contribution in [0.25, 0.3) is 0 Å². The van der Waals surface area contributed by atoms with Gasteiger partial charge in [0.1, 0.15) is 0 Å². The predicted octanol–water partition coefficient (Wildman–Crippen LogP) is 2.41. The van der Waals surface area contributed by atoms with E-state index in [0.29, 0.717) is 5.92 Å².